The van der Waals surface area contributed by atoms with Crippen LogP contribution in [-0.2, 0) is 9.53 Å². The van der Waals surface area contributed by atoms with Crippen molar-refractivity contribution in [2.24, 2.45) is 4.99 Å². The molecule has 0 aliphatic carbocycles. The summed E-state index contributed by atoms with van der Waals surface area (Å²) in [6, 6.07) is 11.6. The number of rotatable bonds is 6. The molecule has 34 heavy (non-hydrogen) atoms. The number of carbonyl (C=O) groups excluding carboxylic acids is 1. The second-order valence-electron chi connectivity index (χ2n) is 7.48. The van der Waals surface area contributed by atoms with Crippen molar-refractivity contribution in [3.05, 3.63) is 89.0 Å². The van der Waals surface area contributed by atoms with Gasteiger partial charge in [-0.3, -0.25) is 9.36 Å². The van der Waals surface area contributed by atoms with E-state index in [1.54, 1.807) is 38.1 Å². The Bertz CT molecular complexity index is 1470. The predicted octanol–water partition coefficient (Wildman–Crippen LogP) is 3.67. The summed E-state index contributed by atoms with van der Waals surface area (Å²) in [4.78, 5) is 31.7. The van der Waals surface area contributed by atoms with Crippen molar-refractivity contribution < 1.29 is 19.4 Å². The first-order valence-electron chi connectivity index (χ1n) is 10.8. The molecule has 0 unspecified atom stereocenters. The highest BCUT2D eigenvalue weighted by Crippen LogP contribution is 2.35. The first-order valence-corrected chi connectivity index (χ1v) is 12.4. The number of nitrogens with zero attached hydrogens (tertiary/aromatic N) is 2. The average molecular weight is 543 g/mol. The van der Waals surface area contributed by atoms with Crippen LogP contribution >= 0.6 is 27.3 Å². The van der Waals surface area contributed by atoms with E-state index >= 15 is 0 Å². The number of aromatic nitrogens is 1. The first kappa shape index (κ1) is 24.0. The van der Waals surface area contributed by atoms with E-state index in [0.29, 0.717) is 44.1 Å². The third-order valence-corrected chi connectivity index (χ3v) is 6.78. The normalized spacial score (nSPS) is 15.6. The smallest absolute Gasteiger partial charge is 0.338 e. The topological polar surface area (TPSA) is 90.1 Å². The molecule has 9 heteroatoms. The number of phenolic OH excluding ortho intramolecular Hbond substituents is 1. The SMILES string of the molecule is CCOC(=O)C1=C(C)N=c2s/c(=C\c3cc(Br)ccc3O)c(=O)n2[C@@H]1c1ccccc1OCC. The van der Waals surface area contributed by atoms with E-state index in [-0.39, 0.29) is 17.9 Å². The fourth-order valence-corrected chi connectivity index (χ4v) is 5.28. The maximum Gasteiger partial charge on any atom is 0.338 e. The monoisotopic (exact) mass is 542 g/mol. The van der Waals surface area contributed by atoms with Crippen LogP contribution < -0.4 is 19.6 Å². The number of hydrogen-bond acceptors (Lipinski definition) is 7. The third kappa shape index (κ3) is 4.45. The minimum Gasteiger partial charge on any atom is -0.507 e. The van der Waals surface area contributed by atoms with Crippen molar-refractivity contribution in [1.29, 1.82) is 0 Å². The Morgan fingerprint density at radius 2 is 2.00 bits per heavy atom. The fourth-order valence-electron chi connectivity index (χ4n) is 3.86. The minimum absolute atomic E-state index is 0.0515. The van der Waals surface area contributed by atoms with Gasteiger partial charge in [-0.2, -0.15) is 0 Å². The lowest BCUT2D eigenvalue weighted by Crippen LogP contribution is -2.40. The molecule has 1 aliphatic heterocycles. The molecule has 176 valence electrons. The summed E-state index contributed by atoms with van der Waals surface area (Å²) in [5.41, 5.74) is 1.60. The van der Waals surface area contributed by atoms with Crippen LogP contribution in [0.15, 0.2) is 68.0 Å². The van der Waals surface area contributed by atoms with E-state index in [0.717, 1.165) is 4.47 Å². The lowest BCUT2D eigenvalue weighted by molar-refractivity contribution is -0.139. The summed E-state index contributed by atoms with van der Waals surface area (Å²) in [7, 11) is 0. The number of para-hydroxylation sites is 1. The van der Waals surface area contributed by atoms with Crippen molar-refractivity contribution in [3.63, 3.8) is 0 Å². The fraction of sp³-hybridized carbons (Fsp3) is 0.240. The molecule has 1 N–H and O–H groups in total. The maximum absolute atomic E-state index is 13.7. The highest BCUT2D eigenvalue weighted by molar-refractivity contribution is 9.10. The Hall–Kier alpha value is -3.17. The number of allylic oxidation sites excluding steroid dienone is 1. The van der Waals surface area contributed by atoms with Gasteiger partial charge in [-0.15, -0.1) is 0 Å². The molecule has 1 aromatic heterocycles. The Labute approximate surface area is 208 Å². The molecule has 0 radical (unpaired) electrons. The predicted molar refractivity (Wildman–Crippen MR) is 134 cm³/mol. The molecule has 3 aromatic rings. The largest absolute Gasteiger partial charge is 0.507 e. The maximum atomic E-state index is 13.7. The van der Waals surface area contributed by atoms with Gasteiger partial charge in [0.05, 0.1) is 29.0 Å². The molecule has 0 spiro atoms. The zero-order valence-electron chi connectivity index (χ0n) is 18.9. The quantitative estimate of drug-likeness (QED) is 0.480. The van der Waals surface area contributed by atoms with Gasteiger partial charge in [0, 0.05) is 15.6 Å². The number of fused-ring (bicyclic) bond motifs is 1. The molecule has 2 aromatic carbocycles. The molecule has 0 saturated heterocycles. The summed E-state index contributed by atoms with van der Waals surface area (Å²) in [5, 5.41) is 10.3. The number of thiazole rings is 1. The van der Waals surface area contributed by atoms with Crippen LogP contribution in [-0.4, -0.2) is 28.9 Å². The van der Waals surface area contributed by atoms with Crippen molar-refractivity contribution in [2.75, 3.05) is 13.2 Å². The van der Waals surface area contributed by atoms with Crippen molar-refractivity contribution in [1.82, 2.24) is 4.57 Å². The summed E-state index contributed by atoms with van der Waals surface area (Å²) in [6.45, 7) is 5.97. The minimum atomic E-state index is -0.767. The van der Waals surface area contributed by atoms with Gasteiger partial charge in [0.25, 0.3) is 5.56 Å². The molecule has 0 amide bonds. The second-order valence-corrected chi connectivity index (χ2v) is 9.40. The van der Waals surface area contributed by atoms with Gasteiger partial charge < -0.3 is 14.6 Å². The second kappa shape index (κ2) is 9.99. The van der Waals surface area contributed by atoms with Crippen LogP contribution in [0.2, 0.25) is 0 Å². The van der Waals surface area contributed by atoms with Crippen LogP contribution in [0.4, 0.5) is 0 Å². The lowest BCUT2D eigenvalue weighted by atomic mass is 9.95. The molecule has 0 bridgehead atoms. The van der Waals surface area contributed by atoms with Crippen molar-refractivity contribution in [2.45, 2.75) is 26.8 Å². The number of ether oxygens (including phenoxy) is 2. The van der Waals surface area contributed by atoms with Crippen LogP contribution in [0.5, 0.6) is 11.5 Å². The van der Waals surface area contributed by atoms with E-state index in [1.807, 2.05) is 31.2 Å². The van der Waals surface area contributed by atoms with Gasteiger partial charge in [0.2, 0.25) is 0 Å². The van der Waals surface area contributed by atoms with E-state index in [2.05, 4.69) is 20.9 Å². The number of aromatic hydroxyl groups is 1. The molecule has 4 rings (SSSR count). The van der Waals surface area contributed by atoms with Gasteiger partial charge in [-0.05, 0) is 51.1 Å². The van der Waals surface area contributed by atoms with Crippen LogP contribution in [0.1, 0.15) is 37.9 Å². The first-order chi connectivity index (χ1) is 16.3. The third-order valence-electron chi connectivity index (χ3n) is 5.31. The Morgan fingerprint density at radius 1 is 1.24 bits per heavy atom. The number of benzene rings is 2. The summed E-state index contributed by atoms with van der Waals surface area (Å²) in [5.74, 6) is 0.0975. The van der Waals surface area contributed by atoms with Gasteiger partial charge in [0.1, 0.15) is 17.5 Å². The summed E-state index contributed by atoms with van der Waals surface area (Å²) in [6.07, 6.45) is 1.62. The molecule has 2 heterocycles. The van der Waals surface area contributed by atoms with E-state index in [9.17, 15) is 14.7 Å². The Balaban J connectivity index is 2.00. The summed E-state index contributed by atoms with van der Waals surface area (Å²) >= 11 is 4.59. The molecule has 7 nitrogen and oxygen atoms in total. The lowest BCUT2D eigenvalue weighted by Gasteiger charge is -2.26. The van der Waals surface area contributed by atoms with Crippen molar-refractivity contribution in [3.8, 4) is 11.5 Å². The number of halogens is 1. The van der Waals surface area contributed by atoms with Gasteiger partial charge in [0.15, 0.2) is 4.80 Å². The number of phenols is 1. The molecule has 0 fully saturated rings. The van der Waals surface area contributed by atoms with Gasteiger partial charge in [-0.1, -0.05) is 45.5 Å². The van der Waals surface area contributed by atoms with Crippen LogP contribution in [0.25, 0.3) is 6.08 Å². The van der Waals surface area contributed by atoms with Crippen LogP contribution in [0.3, 0.4) is 0 Å². The molecular weight excluding hydrogens is 520 g/mol. The van der Waals surface area contributed by atoms with Crippen molar-refractivity contribution >= 4 is 39.3 Å². The number of carbonyl (C=O) groups is 1. The highest BCUT2D eigenvalue weighted by Gasteiger charge is 2.35. The van der Waals surface area contributed by atoms with E-state index in [1.165, 1.54) is 15.9 Å². The Morgan fingerprint density at radius 3 is 2.74 bits per heavy atom. The average Bonchev–Trinajstić information content (AvgIpc) is 3.10. The molecule has 0 saturated carbocycles. The van der Waals surface area contributed by atoms with Gasteiger partial charge in [-0.25, -0.2) is 9.79 Å². The van der Waals surface area contributed by atoms with E-state index < -0.39 is 12.0 Å². The van der Waals surface area contributed by atoms with Crippen LogP contribution in [0, 0.1) is 0 Å². The molecule has 1 atom stereocenters. The number of esters is 1. The Kier molecular flexibility index (Phi) is 7.04. The zero-order valence-corrected chi connectivity index (χ0v) is 21.3. The standard InChI is InChI=1S/C25H23BrN2O5S/c1-4-32-19-9-7-6-8-17(19)22-21(24(31)33-5-2)14(3)27-25-28(22)23(30)20(34-25)13-15-12-16(26)10-11-18(15)29/h6-13,22,29H,4-5H2,1-3H3/b20-13-/t22-/m1/s1. The number of hydrogen-bond donors (Lipinski definition) is 1. The summed E-state index contributed by atoms with van der Waals surface area (Å²) < 4.78 is 13.8. The molecular formula is C25H23BrN2O5S. The zero-order chi connectivity index (χ0) is 24.4. The highest BCUT2D eigenvalue weighted by atomic mass is 79.9. The molecule has 1 aliphatic rings. The van der Waals surface area contributed by atoms with E-state index in [4.69, 9.17) is 9.47 Å². The van der Waals surface area contributed by atoms with Gasteiger partial charge >= 0.3 is 5.97 Å².